The summed E-state index contributed by atoms with van der Waals surface area (Å²) in [6.07, 6.45) is 4.07. The van der Waals surface area contributed by atoms with Gasteiger partial charge >= 0.3 is 5.97 Å². The third-order valence-electron chi connectivity index (χ3n) is 7.24. The molecule has 4 bridgehead atoms. The molecule has 2 aromatic rings. The second-order valence-electron chi connectivity index (χ2n) is 8.52. The molecular weight excluding hydrogens is 376 g/mol. The Bertz CT molecular complexity index is 882. The van der Waals surface area contributed by atoms with Crippen molar-refractivity contribution in [1.82, 2.24) is 9.88 Å². The number of carbonyl (C=O) groups excluding carboxylic acids is 1. The van der Waals surface area contributed by atoms with Gasteiger partial charge in [0, 0.05) is 49.4 Å². The molecule has 3 fully saturated rings. The molecule has 1 aromatic carbocycles. The van der Waals surface area contributed by atoms with Crippen LogP contribution in [0.25, 0.3) is 10.9 Å². The first kappa shape index (κ1) is 19.7. The summed E-state index contributed by atoms with van der Waals surface area (Å²) < 4.78 is 10.9. The minimum absolute atomic E-state index is 0. The summed E-state index contributed by atoms with van der Waals surface area (Å²) in [5, 5.41) is 1.26. The number of nitrogens with one attached hydrogen (secondary N) is 1. The van der Waals surface area contributed by atoms with Gasteiger partial charge < -0.3 is 14.5 Å². The first-order valence-electron chi connectivity index (χ1n) is 10.1. The van der Waals surface area contributed by atoms with Gasteiger partial charge in [-0.3, -0.25) is 9.69 Å². The number of para-hydroxylation sites is 1. The van der Waals surface area contributed by atoms with Crippen molar-refractivity contribution < 1.29 is 14.3 Å². The highest BCUT2D eigenvalue weighted by molar-refractivity contribution is 5.91. The van der Waals surface area contributed by atoms with E-state index < -0.39 is 5.41 Å². The number of methoxy groups -OCH3 is 2. The average molecular weight is 405 g/mol. The number of carbonyl (C=O) groups is 1. The fourth-order valence-electron chi connectivity index (χ4n) is 6.42. The number of hydrogen-bond donors (Lipinski definition) is 1. The van der Waals surface area contributed by atoms with Crippen molar-refractivity contribution in [3.05, 3.63) is 35.5 Å². The Hall–Kier alpha value is -1.56. The lowest BCUT2D eigenvalue weighted by Gasteiger charge is -2.58. The zero-order chi connectivity index (χ0) is 18.6. The maximum atomic E-state index is 13.4. The Balaban J connectivity index is 0.00000192. The van der Waals surface area contributed by atoms with E-state index in [1.165, 1.54) is 17.4 Å². The maximum absolute atomic E-state index is 13.4. The van der Waals surface area contributed by atoms with E-state index in [1.807, 2.05) is 0 Å². The molecule has 2 saturated heterocycles. The van der Waals surface area contributed by atoms with E-state index in [0.717, 1.165) is 50.2 Å². The summed E-state index contributed by atoms with van der Waals surface area (Å²) in [6, 6.07) is 8.65. The zero-order valence-electron chi connectivity index (χ0n) is 16.6. The Morgan fingerprint density at radius 2 is 2.14 bits per heavy atom. The first-order chi connectivity index (χ1) is 13.2. The van der Waals surface area contributed by atoms with Gasteiger partial charge in [0.1, 0.15) is 5.41 Å². The molecule has 28 heavy (non-hydrogen) atoms. The number of hydrogen-bond acceptors (Lipinski definition) is 4. The van der Waals surface area contributed by atoms with E-state index in [0.29, 0.717) is 11.8 Å². The topological polar surface area (TPSA) is 54.6 Å². The number of benzene rings is 1. The fourth-order valence-corrected chi connectivity index (χ4v) is 6.42. The van der Waals surface area contributed by atoms with Crippen LogP contribution in [0.3, 0.4) is 0 Å². The highest BCUT2D eigenvalue weighted by atomic mass is 35.5. The molecule has 0 amide bonds. The van der Waals surface area contributed by atoms with Gasteiger partial charge in [0.15, 0.2) is 0 Å². The van der Waals surface area contributed by atoms with Gasteiger partial charge in [-0.25, -0.2) is 0 Å². The second kappa shape index (κ2) is 7.36. The molecule has 2 unspecified atom stereocenters. The van der Waals surface area contributed by atoms with E-state index in [1.54, 1.807) is 14.2 Å². The summed E-state index contributed by atoms with van der Waals surface area (Å²) in [7, 11) is 3.31. The summed E-state index contributed by atoms with van der Waals surface area (Å²) in [4.78, 5) is 19.7. The molecule has 5 atom stereocenters. The molecule has 6 rings (SSSR count). The number of aromatic amines is 1. The van der Waals surface area contributed by atoms with Crippen LogP contribution in [0.15, 0.2) is 24.3 Å². The van der Waals surface area contributed by atoms with E-state index in [9.17, 15) is 4.79 Å². The molecule has 4 aliphatic rings. The Morgan fingerprint density at radius 3 is 2.93 bits per heavy atom. The number of fused-ring (bicyclic) bond motifs is 4. The number of ether oxygens (including phenoxy) is 2. The summed E-state index contributed by atoms with van der Waals surface area (Å²) in [6.45, 7) is 2.87. The van der Waals surface area contributed by atoms with Crippen LogP contribution >= 0.6 is 12.4 Å². The van der Waals surface area contributed by atoms with Crippen molar-refractivity contribution in [3.8, 4) is 0 Å². The van der Waals surface area contributed by atoms with E-state index in [-0.39, 0.29) is 24.4 Å². The molecule has 152 valence electrons. The monoisotopic (exact) mass is 404 g/mol. The minimum atomic E-state index is -0.584. The molecule has 5 nitrogen and oxygen atoms in total. The fraction of sp³-hybridized carbons (Fsp3) is 0.591. The van der Waals surface area contributed by atoms with Gasteiger partial charge in [0.25, 0.3) is 0 Å². The zero-order valence-corrected chi connectivity index (χ0v) is 17.4. The van der Waals surface area contributed by atoms with E-state index >= 15 is 0 Å². The van der Waals surface area contributed by atoms with Gasteiger partial charge in [-0.1, -0.05) is 18.2 Å². The van der Waals surface area contributed by atoms with Crippen LogP contribution in [-0.4, -0.2) is 55.8 Å². The van der Waals surface area contributed by atoms with E-state index in [2.05, 4.69) is 34.1 Å². The summed E-state index contributed by atoms with van der Waals surface area (Å²) in [5.41, 5.74) is 2.99. The van der Waals surface area contributed by atoms with Gasteiger partial charge in [0.05, 0.1) is 7.11 Å². The Kier molecular flexibility index (Phi) is 5.19. The number of halogens is 1. The highest BCUT2D eigenvalue weighted by Crippen LogP contribution is 2.55. The SMILES string of the molecule is COCC[C@H]1C[C@H]2CN3CCc4c([nH]c5ccccc45)[C@](C(=O)OC)(C2)C13.Cl. The van der Waals surface area contributed by atoms with Crippen LogP contribution in [0.5, 0.6) is 0 Å². The van der Waals surface area contributed by atoms with Gasteiger partial charge in [0.2, 0.25) is 0 Å². The third-order valence-corrected chi connectivity index (χ3v) is 7.24. The number of piperidine rings is 2. The van der Waals surface area contributed by atoms with Crippen LogP contribution in [0.4, 0.5) is 0 Å². The first-order valence-corrected chi connectivity index (χ1v) is 10.1. The highest BCUT2D eigenvalue weighted by Gasteiger charge is 2.62. The molecule has 4 heterocycles. The summed E-state index contributed by atoms with van der Waals surface area (Å²) >= 11 is 0. The average Bonchev–Trinajstić information content (AvgIpc) is 3.04. The molecule has 1 N–H and O–H groups in total. The van der Waals surface area contributed by atoms with E-state index in [4.69, 9.17) is 9.47 Å². The van der Waals surface area contributed by atoms with Crippen LogP contribution in [0.2, 0.25) is 0 Å². The van der Waals surface area contributed by atoms with Crippen LogP contribution in [0.1, 0.15) is 30.5 Å². The molecule has 1 aromatic heterocycles. The third kappa shape index (κ3) is 2.63. The maximum Gasteiger partial charge on any atom is 0.319 e. The smallest absolute Gasteiger partial charge is 0.319 e. The number of esters is 1. The summed E-state index contributed by atoms with van der Waals surface area (Å²) in [5.74, 6) is 0.932. The minimum Gasteiger partial charge on any atom is -0.468 e. The quantitative estimate of drug-likeness (QED) is 0.794. The predicted octanol–water partition coefficient (Wildman–Crippen LogP) is 3.30. The van der Waals surface area contributed by atoms with Crippen molar-refractivity contribution in [2.75, 3.05) is 33.9 Å². The Labute approximate surface area is 172 Å². The van der Waals surface area contributed by atoms with Crippen molar-refractivity contribution in [2.24, 2.45) is 11.8 Å². The number of H-pyrrole nitrogens is 1. The van der Waals surface area contributed by atoms with Crippen molar-refractivity contribution >= 4 is 29.3 Å². The predicted molar refractivity (Wildman–Crippen MR) is 111 cm³/mol. The largest absolute Gasteiger partial charge is 0.468 e. The van der Waals surface area contributed by atoms with Gasteiger partial charge in [-0.15, -0.1) is 12.4 Å². The van der Waals surface area contributed by atoms with Crippen LogP contribution in [-0.2, 0) is 26.1 Å². The van der Waals surface area contributed by atoms with Gasteiger partial charge in [-0.05, 0) is 49.1 Å². The molecule has 0 radical (unpaired) electrons. The van der Waals surface area contributed by atoms with Crippen LogP contribution in [0, 0.1) is 11.8 Å². The van der Waals surface area contributed by atoms with Crippen LogP contribution < -0.4 is 0 Å². The lowest BCUT2D eigenvalue weighted by molar-refractivity contribution is -0.162. The lowest BCUT2D eigenvalue weighted by atomic mass is 9.56. The van der Waals surface area contributed by atoms with Crippen molar-refractivity contribution in [2.45, 2.75) is 37.1 Å². The number of nitrogens with zero attached hydrogens (tertiary/aromatic N) is 1. The van der Waals surface area contributed by atoms with Crippen molar-refractivity contribution in [1.29, 1.82) is 0 Å². The Morgan fingerprint density at radius 1 is 1.32 bits per heavy atom. The molecular formula is C22H29ClN2O3. The second-order valence-corrected chi connectivity index (χ2v) is 8.52. The van der Waals surface area contributed by atoms with Crippen molar-refractivity contribution in [3.63, 3.8) is 0 Å². The molecule has 0 spiro atoms. The van der Waals surface area contributed by atoms with Gasteiger partial charge in [-0.2, -0.15) is 0 Å². The number of aromatic nitrogens is 1. The molecule has 6 heteroatoms. The standard InChI is InChI=1S/C22H28N2O3.ClH/c1-26-10-8-15-11-14-12-22(21(25)27-2)19-17(7-9-24(13-14)20(15)22)16-5-3-4-6-18(16)23-19;/h3-6,14-15,20,23H,7-13H2,1-2H3;1H/t14-,15+,20?,22-;/m1./s1. The molecule has 1 saturated carbocycles. The lowest BCUT2D eigenvalue weighted by Crippen LogP contribution is -2.67. The number of rotatable bonds is 4. The normalized spacial score (nSPS) is 33.1. The molecule has 1 aliphatic carbocycles. The molecule has 3 aliphatic heterocycles.